The first kappa shape index (κ1) is 17.0. The third-order valence-corrected chi connectivity index (χ3v) is 5.38. The van der Waals surface area contributed by atoms with E-state index in [4.69, 9.17) is 5.73 Å². The number of carbonyl (C=O) groups is 2. The molecule has 1 atom stereocenters. The number of primary amides is 1. The Bertz CT molecular complexity index is 590. The Morgan fingerprint density at radius 1 is 1.17 bits per heavy atom. The van der Waals surface area contributed by atoms with Gasteiger partial charge in [-0.2, -0.15) is 0 Å². The van der Waals surface area contributed by atoms with Crippen LogP contribution in [0.5, 0.6) is 0 Å². The Morgan fingerprint density at radius 2 is 1.96 bits per heavy atom. The molecule has 0 aliphatic carbocycles. The number of piperidine rings is 2. The summed E-state index contributed by atoms with van der Waals surface area (Å²) in [4.78, 5) is 27.8. The van der Waals surface area contributed by atoms with Crippen molar-refractivity contribution >= 4 is 11.8 Å². The highest BCUT2D eigenvalue weighted by Crippen LogP contribution is 2.38. The molecule has 0 unspecified atom stereocenters. The van der Waals surface area contributed by atoms with Crippen LogP contribution in [0, 0.1) is 5.41 Å². The highest BCUT2D eigenvalue weighted by molar-refractivity contribution is 5.77. The van der Waals surface area contributed by atoms with E-state index in [2.05, 4.69) is 17.0 Å². The highest BCUT2D eigenvalue weighted by atomic mass is 16.2. The zero-order chi connectivity index (χ0) is 17.0. The first-order valence-corrected chi connectivity index (χ1v) is 8.89. The summed E-state index contributed by atoms with van der Waals surface area (Å²) in [5.74, 6) is 0.00319. The van der Waals surface area contributed by atoms with E-state index < -0.39 is 0 Å². The molecule has 0 radical (unpaired) electrons. The van der Waals surface area contributed by atoms with Crippen molar-refractivity contribution in [2.24, 2.45) is 11.1 Å². The Labute approximate surface area is 143 Å². The van der Waals surface area contributed by atoms with E-state index in [0.29, 0.717) is 13.0 Å². The van der Waals surface area contributed by atoms with Gasteiger partial charge in [-0.3, -0.25) is 14.5 Å². The summed E-state index contributed by atoms with van der Waals surface area (Å²) in [6.07, 6.45) is 4.67. The lowest BCUT2D eigenvalue weighted by molar-refractivity contribution is -0.140. The van der Waals surface area contributed by atoms with E-state index in [1.165, 1.54) is 5.56 Å². The van der Waals surface area contributed by atoms with Gasteiger partial charge in [0.15, 0.2) is 0 Å². The van der Waals surface area contributed by atoms with Gasteiger partial charge in [-0.25, -0.2) is 0 Å². The second kappa shape index (κ2) is 7.34. The van der Waals surface area contributed by atoms with E-state index in [-0.39, 0.29) is 17.2 Å². The lowest BCUT2D eigenvalue weighted by Crippen LogP contribution is -2.55. The molecule has 2 amide bonds. The molecule has 2 aliphatic heterocycles. The number of likely N-dealkylation sites (tertiary alicyclic amines) is 2. The fraction of sp³-hybridized carbons (Fsp3) is 0.579. The van der Waals surface area contributed by atoms with Crippen LogP contribution in [0.25, 0.3) is 0 Å². The van der Waals surface area contributed by atoms with E-state index in [9.17, 15) is 9.59 Å². The number of amides is 2. The lowest BCUT2D eigenvalue weighted by atomic mass is 9.73. The summed E-state index contributed by atoms with van der Waals surface area (Å²) < 4.78 is 0. The number of carbonyl (C=O) groups excluding carboxylic acids is 2. The molecule has 2 saturated heterocycles. The molecule has 1 aromatic rings. The first-order valence-electron chi connectivity index (χ1n) is 8.89. The summed E-state index contributed by atoms with van der Waals surface area (Å²) in [5, 5.41) is 0. The number of nitrogens with two attached hydrogens (primary N) is 1. The van der Waals surface area contributed by atoms with Crippen LogP contribution in [0.15, 0.2) is 30.3 Å². The van der Waals surface area contributed by atoms with Crippen molar-refractivity contribution in [3.63, 3.8) is 0 Å². The van der Waals surface area contributed by atoms with Gasteiger partial charge in [0.25, 0.3) is 0 Å². The highest BCUT2D eigenvalue weighted by Gasteiger charge is 2.41. The van der Waals surface area contributed by atoms with Crippen molar-refractivity contribution in [2.75, 3.05) is 32.7 Å². The Balaban J connectivity index is 1.61. The fourth-order valence-corrected chi connectivity index (χ4v) is 4.21. The second-order valence-electron chi connectivity index (χ2n) is 7.33. The van der Waals surface area contributed by atoms with Gasteiger partial charge in [0.2, 0.25) is 11.8 Å². The molecule has 2 fully saturated rings. The average Bonchev–Trinajstić information content (AvgIpc) is 2.57. The number of nitrogens with zero attached hydrogens (tertiary/aromatic N) is 2. The zero-order valence-corrected chi connectivity index (χ0v) is 14.2. The number of hydrogen-bond acceptors (Lipinski definition) is 3. The third-order valence-electron chi connectivity index (χ3n) is 5.38. The number of hydrogen-bond donors (Lipinski definition) is 1. The Kier molecular flexibility index (Phi) is 5.19. The third kappa shape index (κ3) is 4.15. The molecule has 2 aliphatic rings. The second-order valence-corrected chi connectivity index (χ2v) is 7.33. The lowest BCUT2D eigenvalue weighted by Gasteiger charge is -2.48. The van der Waals surface area contributed by atoms with Gasteiger partial charge in [-0.05, 0) is 37.8 Å². The summed E-state index contributed by atoms with van der Waals surface area (Å²) in [6, 6.07) is 10.3. The molecule has 5 heteroatoms. The van der Waals surface area contributed by atoms with Gasteiger partial charge >= 0.3 is 0 Å². The van der Waals surface area contributed by atoms with Gasteiger partial charge in [-0.15, -0.1) is 0 Å². The van der Waals surface area contributed by atoms with Crippen molar-refractivity contribution in [1.82, 2.24) is 9.80 Å². The van der Waals surface area contributed by atoms with Crippen LogP contribution >= 0.6 is 0 Å². The normalized spacial score (nSPS) is 25.2. The molecule has 2 heterocycles. The van der Waals surface area contributed by atoms with Gasteiger partial charge < -0.3 is 10.6 Å². The molecule has 1 spiro atoms. The molecule has 5 nitrogen and oxygen atoms in total. The molecular weight excluding hydrogens is 302 g/mol. The van der Waals surface area contributed by atoms with Gasteiger partial charge in [0, 0.05) is 31.5 Å². The van der Waals surface area contributed by atoms with Crippen LogP contribution in [0.2, 0.25) is 0 Å². The Hall–Kier alpha value is -1.88. The van der Waals surface area contributed by atoms with Crippen LogP contribution in [0.1, 0.15) is 31.2 Å². The standard InChI is InChI=1S/C19H27N3O2/c20-17(23)13-21-11-4-9-19(14-21)10-7-18(24)22(15-19)12-8-16-5-2-1-3-6-16/h1-3,5-6H,4,7-15H2,(H2,20,23)/t19-/m1/s1. The molecule has 24 heavy (non-hydrogen) atoms. The van der Waals surface area contributed by atoms with Crippen molar-refractivity contribution in [2.45, 2.75) is 32.1 Å². The Morgan fingerprint density at radius 3 is 2.71 bits per heavy atom. The largest absolute Gasteiger partial charge is 0.369 e. The van der Waals surface area contributed by atoms with Crippen molar-refractivity contribution in [3.05, 3.63) is 35.9 Å². The molecule has 0 saturated carbocycles. The SMILES string of the molecule is NC(=O)CN1CCC[C@@]2(CCC(=O)N(CCc3ccccc3)C2)C1. The predicted molar refractivity (Wildman–Crippen MR) is 93.3 cm³/mol. The smallest absolute Gasteiger partial charge is 0.231 e. The summed E-state index contributed by atoms with van der Waals surface area (Å²) >= 11 is 0. The number of rotatable bonds is 5. The van der Waals surface area contributed by atoms with Crippen molar-refractivity contribution in [1.29, 1.82) is 0 Å². The fourth-order valence-electron chi connectivity index (χ4n) is 4.21. The summed E-state index contributed by atoms with van der Waals surface area (Å²) in [6.45, 7) is 3.74. The van der Waals surface area contributed by atoms with Crippen LogP contribution in [0.4, 0.5) is 0 Å². The van der Waals surface area contributed by atoms with E-state index in [1.54, 1.807) is 0 Å². The maximum Gasteiger partial charge on any atom is 0.231 e. The van der Waals surface area contributed by atoms with Gasteiger partial charge in [0.1, 0.15) is 0 Å². The molecule has 0 aromatic heterocycles. The molecule has 3 rings (SSSR count). The van der Waals surface area contributed by atoms with Gasteiger partial charge in [-0.1, -0.05) is 30.3 Å². The minimum absolute atomic E-state index is 0.137. The van der Waals surface area contributed by atoms with Crippen LogP contribution in [-0.4, -0.2) is 54.3 Å². The quantitative estimate of drug-likeness (QED) is 0.888. The first-order chi connectivity index (χ1) is 11.6. The zero-order valence-electron chi connectivity index (χ0n) is 14.2. The van der Waals surface area contributed by atoms with Crippen molar-refractivity contribution < 1.29 is 9.59 Å². The molecule has 0 bridgehead atoms. The van der Waals surface area contributed by atoms with E-state index in [1.807, 2.05) is 23.1 Å². The van der Waals surface area contributed by atoms with E-state index in [0.717, 1.165) is 51.9 Å². The molecule has 2 N–H and O–H groups in total. The van der Waals surface area contributed by atoms with Crippen LogP contribution < -0.4 is 5.73 Å². The average molecular weight is 329 g/mol. The summed E-state index contributed by atoms with van der Waals surface area (Å²) in [7, 11) is 0. The van der Waals surface area contributed by atoms with Crippen molar-refractivity contribution in [3.8, 4) is 0 Å². The maximum atomic E-state index is 12.3. The molecule has 130 valence electrons. The van der Waals surface area contributed by atoms with E-state index >= 15 is 0 Å². The van der Waals surface area contributed by atoms with Gasteiger partial charge in [0.05, 0.1) is 6.54 Å². The predicted octanol–water partition coefficient (Wildman–Crippen LogP) is 1.42. The molecule has 1 aromatic carbocycles. The van der Waals surface area contributed by atoms with Crippen LogP contribution in [0.3, 0.4) is 0 Å². The minimum atomic E-state index is -0.264. The minimum Gasteiger partial charge on any atom is -0.369 e. The number of benzene rings is 1. The molecular formula is C19H27N3O2. The topological polar surface area (TPSA) is 66.6 Å². The maximum absolute atomic E-state index is 12.3. The monoisotopic (exact) mass is 329 g/mol. The summed E-state index contributed by atoms with van der Waals surface area (Å²) in [5.41, 5.74) is 6.76. The van der Waals surface area contributed by atoms with Crippen LogP contribution in [-0.2, 0) is 16.0 Å².